The van der Waals surface area contributed by atoms with Crippen LogP contribution in [0.4, 0.5) is 10.1 Å². The lowest BCUT2D eigenvalue weighted by Gasteiger charge is -2.26. The Morgan fingerprint density at radius 2 is 2.08 bits per heavy atom. The van der Waals surface area contributed by atoms with Gasteiger partial charge in [0.05, 0.1) is 18.0 Å². The minimum absolute atomic E-state index is 0.162. The molecule has 0 amide bonds. The van der Waals surface area contributed by atoms with E-state index in [1.807, 2.05) is 35.2 Å². The Morgan fingerprint density at radius 3 is 2.76 bits per heavy atom. The SMILES string of the molecule is Cc1cc(N2C(=S)N[C@H](c3ccccn3)[C@@H]2c2ccco2)ccc1F. The molecule has 1 saturated heterocycles. The van der Waals surface area contributed by atoms with Crippen molar-refractivity contribution in [2.24, 2.45) is 0 Å². The van der Waals surface area contributed by atoms with Crippen molar-refractivity contribution >= 4 is 23.0 Å². The van der Waals surface area contributed by atoms with Gasteiger partial charge in [0.25, 0.3) is 0 Å². The number of benzene rings is 1. The first-order chi connectivity index (χ1) is 12.1. The molecule has 0 radical (unpaired) electrons. The lowest BCUT2D eigenvalue weighted by Crippen LogP contribution is -2.29. The van der Waals surface area contributed by atoms with E-state index in [-0.39, 0.29) is 17.9 Å². The summed E-state index contributed by atoms with van der Waals surface area (Å²) in [4.78, 5) is 6.42. The molecule has 2 atom stereocenters. The van der Waals surface area contributed by atoms with Gasteiger partial charge in [0, 0.05) is 11.9 Å². The number of thiocarbonyl (C=S) groups is 1. The molecule has 0 aliphatic carbocycles. The molecule has 1 aromatic carbocycles. The monoisotopic (exact) mass is 353 g/mol. The summed E-state index contributed by atoms with van der Waals surface area (Å²) >= 11 is 5.58. The molecule has 1 aliphatic rings. The highest BCUT2D eigenvalue weighted by atomic mass is 32.1. The van der Waals surface area contributed by atoms with Gasteiger partial charge in [-0.3, -0.25) is 4.98 Å². The van der Waals surface area contributed by atoms with Crippen LogP contribution in [0.2, 0.25) is 0 Å². The molecule has 4 rings (SSSR count). The van der Waals surface area contributed by atoms with Gasteiger partial charge in [0.2, 0.25) is 0 Å². The molecule has 4 nitrogen and oxygen atoms in total. The van der Waals surface area contributed by atoms with E-state index in [9.17, 15) is 4.39 Å². The average Bonchev–Trinajstić information content (AvgIpc) is 3.25. The van der Waals surface area contributed by atoms with E-state index in [1.165, 1.54) is 6.07 Å². The van der Waals surface area contributed by atoms with E-state index in [1.54, 1.807) is 31.5 Å². The van der Waals surface area contributed by atoms with Crippen molar-refractivity contribution in [2.75, 3.05) is 4.90 Å². The lowest BCUT2D eigenvalue weighted by atomic mass is 10.0. The van der Waals surface area contributed by atoms with Gasteiger partial charge in [-0.15, -0.1) is 0 Å². The minimum atomic E-state index is -0.238. The molecule has 3 heterocycles. The molecule has 1 N–H and O–H groups in total. The second-order valence-electron chi connectivity index (χ2n) is 5.95. The Labute approximate surface area is 150 Å². The largest absolute Gasteiger partial charge is 0.467 e. The van der Waals surface area contributed by atoms with E-state index in [0.717, 1.165) is 17.1 Å². The van der Waals surface area contributed by atoms with Gasteiger partial charge in [0.1, 0.15) is 17.6 Å². The fourth-order valence-electron chi connectivity index (χ4n) is 3.16. The van der Waals surface area contributed by atoms with Crippen molar-refractivity contribution in [1.82, 2.24) is 10.3 Å². The number of aryl methyl sites for hydroxylation is 1. The fourth-order valence-corrected chi connectivity index (χ4v) is 3.51. The van der Waals surface area contributed by atoms with Crippen molar-refractivity contribution in [1.29, 1.82) is 0 Å². The van der Waals surface area contributed by atoms with Crippen LogP contribution in [0.1, 0.15) is 29.1 Å². The van der Waals surface area contributed by atoms with Crippen LogP contribution < -0.4 is 10.2 Å². The highest BCUT2D eigenvalue weighted by Crippen LogP contribution is 2.41. The third-order valence-corrected chi connectivity index (χ3v) is 4.67. The number of rotatable bonds is 3. The third-order valence-electron chi connectivity index (χ3n) is 4.35. The topological polar surface area (TPSA) is 41.3 Å². The molecule has 2 aromatic heterocycles. The smallest absolute Gasteiger partial charge is 0.174 e. The molecule has 0 bridgehead atoms. The second-order valence-corrected chi connectivity index (χ2v) is 6.33. The van der Waals surface area contributed by atoms with Gasteiger partial charge in [-0.2, -0.15) is 0 Å². The Morgan fingerprint density at radius 1 is 1.20 bits per heavy atom. The van der Waals surface area contributed by atoms with E-state index >= 15 is 0 Å². The van der Waals surface area contributed by atoms with E-state index < -0.39 is 0 Å². The number of halogens is 1. The molecular formula is C19H16FN3OS. The van der Waals surface area contributed by atoms with Crippen molar-refractivity contribution in [2.45, 2.75) is 19.0 Å². The Hall–Kier alpha value is -2.73. The van der Waals surface area contributed by atoms with Crippen LogP contribution in [-0.2, 0) is 0 Å². The summed E-state index contributed by atoms with van der Waals surface area (Å²) in [6, 6.07) is 14.1. The first-order valence-electron chi connectivity index (χ1n) is 7.95. The maximum atomic E-state index is 13.7. The quantitative estimate of drug-likeness (QED) is 0.711. The number of hydrogen-bond acceptors (Lipinski definition) is 3. The van der Waals surface area contributed by atoms with Crippen LogP contribution in [0.15, 0.2) is 65.4 Å². The van der Waals surface area contributed by atoms with E-state index in [2.05, 4.69) is 10.3 Å². The molecule has 6 heteroatoms. The summed E-state index contributed by atoms with van der Waals surface area (Å²) in [5.74, 6) is 0.530. The maximum Gasteiger partial charge on any atom is 0.174 e. The third kappa shape index (κ3) is 2.78. The van der Waals surface area contributed by atoms with Crippen molar-refractivity contribution in [3.63, 3.8) is 0 Å². The normalized spacial score (nSPS) is 19.9. The van der Waals surface area contributed by atoms with Crippen LogP contribution in [0.3, 0.4) is 0 Å². The molecule has 126 valence electrons. The average molecular weight is 353 g/mol. The summed E-state index contributed by atoms with van der Waals surface area (Å²) in [6.07, 6.45) is 3.39. The van der Waals surface area contributed by atoms with Crippen LogP contribution in [0.5, 0.6) is 0 Å². The van der Waals surface area contributed by atoms with Crippen molar-refractivity contribution in [3.8, 4) is 0 Å². The van der Waals surface area contributed by atoms with E-state index in [0.29, 0.717) is 10.7 Å². The zero-order valence-corrected chi connectivity index (χ0v) is 14.3. The summed E-state index contributed by atoms with van der Waals surface area (Å²) < 4.78 is 19.4. The zero-order valence-electron chi connectivity index (χ0n) is 13.5. The Bertz CT molecular complexity index is 898. The number of aromatic nitrogens is 1. The molecule has 1 fully saturated rings. The number of anilines is 1. The zero-order chi connectivity index (χ0) is 17.4. The summed E-state index contributed by atoms with van der Waals surface area (Å²) in [5.41, 5.74) is 2.25. The number of nitrogens with zero attached hydrogens (tertiary/aromatic N) is 2. The molecule has 0 unspecified atom stereocenters. The lowest BCUT2D eigenvalue weighted by molar-refractivity contribution is 0.432. The highest BCUT2D eigenvalue weighted by molar-refractivity contribution is 7.80. The van der Waals surface area contributed by atoms with Gasteiger partial charge >= 0.3 is 0 Å². The van der Waals surface area contributed by atoms with E-state index in [4.69, 9.17) is 16.6 Å². The van der Waals surface area contributed by atoms with Crippen LogP contribution in [0.25, 0.3) is 0 Å². The van der Waals surface area contributed by atoms with Crippen molar-refractivity contribution < 1.29 is 8.81 Å². The second kappa shape index (κ2) is 6.29. The van der Waals surface area contributed by atoms with Gasteiger partial charge in [0.15, 0.2) is 5.11 Å². The van der Waals surface area contributed by atoms with Gasteiger partial charge in [-0.25, -0.2) is 4.39 Å². The minimum Gasteiger partial charge on any atom is -0.467 e. The van der Waals surface area contributed by atoms with Crippen LogP contribution in [0, 0.1) is 12.7 Å². The maximum absolute atomic E-state index is 13.7. The molecule has 1 aliphatic heterocycles. The highest BCUT2D eigenvalue weighted by Gasteiger charge is 2.42. The molecular weight excluding hydrogens is 337 g/mol. The molecule has 0 saturated carbocycles. The predicted octanol–water partition coefficient (Wildman–Crippen LogP) is 4.30. The molecule has 25 heavy (non-hydrogen) atoms. The van der Waals surface area contributed by atoms with Gasteiger partial charge < -0.3 is 14.6 Å². The first-order valence-corrected chi connectivity index (χ1v) is 8.36. The van der Waals surface area contributed by atoms with Crippen LogP contribution >= 0.6 is 12.2 Å². The fraction of sp³-hybridized carbons (Fsp3) is 0.158. The first kappa shape index (κ1) is 15.8. The number of nitrogens with one attached hydrogen (secondary N) is 1. The van der Waals surface area contributed by atoms with Gasteiger partial charge in [-0.05, 0) is 67.2 Å². The van der Waals surface area contributed by atoms with Crippen LogP contribution in [-0.4, -0.2) is 10.1 Å². The summed E-state index contributed by atoms with van der Waals surface area (Å²) in [5, 5.41) is 3.89. The van der Waals surface area contributed by atoms with Gasteiger partial charge in [-0.1, -0.05) is 6.07 Å². The number of hydrogen-bond donors (Lipinski definition) is 1. The summed E-state index contributed by atoms with van der Waals surface area (Å²) in [7, 11) is 0. The standard InChI is InChI=1S/C19H16FN3OS/c1-12-11-13(7-8-14(12)20)23-18(16-6-4-10-24-16)17(22-19(23)25)15-5-2-3-9-21-15/h2-11,17-18H,1H3,(H,22,25)/t17-,18+/m1/s1. The van der Waals surface area contributed by atoms with Crippen molar-refractivity contribution in [3.05, 3.63) is 83.8 Å². The molecule has 3 aromatic rings. The predicted molar refractivity (Wildman–Crippen MR) is 97.8 cm³/mol. The molecule has 0 spiro atoms. The number of furan rings is 1. The summed E-state index contributed by atoms with van der Waals surface area (Å²) in [6.45, 7) is 1.74. The number of pyridine rings is 1. The Balaban J connectivity index is 1.82. The Kier molecular flexibility index (Phi) is 3.97.